The van der Waals surface area contributed by atoms with Gasteiger partial charge in [0.2, 0.25) is 5.91 Å². The van der Waals surface area contributed by atoms with Crippen LogP contribution in [0.3, 0.4) is 0 Å². The van der Waals surface area contributed by atoms with Gasteiger partial charge in [-0.25, -0.2) is 9.97 Å². The van der Waals surface area contributed by atoms with E-state index in [-0.39, 0.29) is 11.9 Å². The Hall–Kier alpha value is -2.40. The molecule has 0 spiro atoms. The minimum absolute atomic E-state index is 0.00418. The van der Waals surface area contributed by atoms with Gasteiger partial charge in [0.25, 0.3) is 0 Å². The second-order valence-corrected chi connectivity index (χ2v) is 6.30. The molecule has 6 heteroatoms. The van der Waals surface area contributed by atoms with Crippen LogP contribution >= 0.6 is 11.6 Å². The fourth-order valence-electron chi connectivity index (χ4n) is 3.08. The summed E-state index contributed by atoms with van der Waals surface area (Å²) in [7, 11) is 0. The topological polar surface area (TPSA) is 72.1 Å². The first-order valence-electron chi connectivity index (χ1n) is 7.90. The Bertz CT molecular complexity index is 760. The summed E-state index contributed by atoms with van der Waals surface area (Å²) in [5.74, 6) is 0.510. The van der Waals surface area contributed by atoms with Crippen LogP contribution in [0.1, 0.15) is 30.9 Å². The van der Waals surface area contributed by atoms with Crippen molar-refractivity contribution in [1.82, 2.24) is 14.9 Å². The lowest BCUT2D eigenvalue weighted by Crippen LogP contribution is -2.37. The molecule has 1 fully saturated rings. The quantitative estimate of drug-likeness (QED) is 0.865. The fraction of sp³-hybridized carbons (Fsp3) is 0.278. The van der Waals surface area contributed by atoms with Gasteiger partial charge in [-0.15, -0.1) is 0 Å². The minimum Gasteiger partial charge on any atom is -0.396 e. The zero-order valence-corrected chi connectivity index (χ0v) is 14.0. The SMILES string of the molecule is C=CC(=O)N1CCCCC1c1cc(Cl)cc(-c2ncc(N)cn2)c1. The number of aromatic nitrogens is 2. The summed E-state index contributed by atoms with van der Waals surface area (Å²) in [6.07, 6.45) is 7.49. The molecular weight excluding hydrogens is 324 g/mol. The summed E-state index contributed by atoms with van der Waals surface area (Å²) >= 11 is 6.31. The Labute approximate surface area is 146 Å². The molecule has 1 saturated heterocycles. The predicted molar refractivity (Wildman–Crippen MR) is 95.4 cm³/mol. The third-order valence-corrected chi connectivity index (χ3v) is 4.41. The normalized spacial score (nSPS) is 17.5. The van der Waals surface area contributed by atoms with Crippen LogP contribution in [-0.4, -0.2) is 27.3 Å². The molecule has 1 amide bonds. The van der Waals surface area contributed by atoms with Crippen molar-refractivity contribution < 1.29 is 4.79 Å². The number of hydrogen-bond donors (Lipinski definition) is 1. The van der Waals surface area contributed by atoms with E-state index in [1.807, 2.05) is 23.1 Å². The predicted octanol–water partition coefficient (Wildman–Crippen LogP) is 3.62. The average molecular weight is 343 g/mol. The van der Waals surface area contributed by atoms with E-state index < -0.39 is 0 Å². The number of nitrogen functional groups attached to an aromatic ring is 1. The lowest BCUT2D eigenvalue weighted by Gasteiger charge is -2.35. The van der Waals surface area contributed by atoms with Crippen LogP contribution in [0, 0.1) is 0 Å². The lowest BCUT2D eigenvalue weighted by molar-refractivity contribution is -0.129. The number of anilines is 1. The fourth-order valence-corrected chi connectivity index (χ4v) is 3.32. The maximum Gasteiger partial charge on any atom is 0.246 e. The zero-order chi connectivity index (χ0) is 17.1. The highest BCUT2D eigenvalue weighted by atomic mass is 35.5. The lowest BCUT2D eigenvalue weighted by atomic mass is 9.93. The molecule has 0 bridgehead atoms. The molecule has 2 heterocycles. The standard InChI is InChI=1S/C18H19ClN4O/c1-2-17(24)23-6-4-3-5-16(23)12-7-13(9-14(19)8-12)18-21-10-15(20)11-22-18/h2,7-11,16H,1,3-6,20H2. The summed E-state index contributed by atoms with van der Waals surface area (Å²) in [5.41, 5.74) is 7.96. The maximum absolute atomic E-state index is 12.2. The maximum atomic E-state index is 12.2. The summed E-state index contributed by atoms with van der Waals surface area (Å²) in [5, 5.41) is 0.597. The molecule has 1 aliphatic rings. The van der Waals surface area contributed by atoms with E-state index in [1.54, 1.807) is 12.4 Å². The van der Waals surface area contributed by atoms with Crippen molar-refractivity contribution in [1.29, 1.82) is 0 Å². The first-order valence-corrected chi connectivity index (χ1v) is 8.27. The number of carbonyl (C=O) groups excluding carboxylic acids is 1. The van der Waals surface area contributed by atoms with Crippen molar-refractivity contribution in [2.45, 2.75) is 25.3 Å². The highest BCUT2D eigenvalue weighted by Crippen LogP contribution is 2.34. The molecule has 24 heavy (non-hydrogen) atoms. The molecule has 2 aromatic rings. The van der Waals surface area contributed by atoms with E-state index in [4.69, 9.17) is 17.3 Å². The van der Waals surface area contributed by atoms with Gasteiger partial charge < -0.3 is 10.6 Å². The highest BCUT2D eigenvalue weighted by molar-refractivity contribution is 6.31. The summed E-state index contributed by atoms with van der Waals surface area (Å²) < 4.78 is 0. The first-order chi connectivity index (χ1) is 11.6. The van der Waals surface area contributed by atoms with Crippen molar-refractivity contribution in [3.05, 3.63) is 53.8 Å². The molecule has 2 N–H and O–H groups in total. The summed E-state index contributed by atoms with van der Waals surface area (Å²) in [4.78, 5) is 22.5. The van der Waals surface area contributed by atoms with Crippen molar-refractivity contribution in [2.24, 2.45) is 0 Å². The molecule has 1 aliphatic heterocycles. The largest absolute Gasteiger partial charge is 0.396 e. The Balaban J connectivity index is 1.99. The Kier molecular flexibility index (Phi) is 4.81. The highest BCUT2D eigenvalue weighted by Gasteiger charge is 2.27. The van der Waals surface area contributed by atoms with E-state index in [2.05, 4.69) is 16.5 Å². The number of piperidine rings is 1. The van der Waals surface area contributed by atoms with Gasteiger partial charge in [-0.1, -0.05) is 18.2 Å². The molecule has 1 unspecified atom stereocenters. The third-order valence-electron chi connectivity index (χ3n) is 4.20. The Morgan fingerprint density at radius 3 is 2.75 bits per heavy atom. The van der Waals surface area contributed by atoms with Crippen molar-refractivity contribution >= 4 is 23.2 Å². The second-order valence-electron chi connectivity index (χ2n) is 5.86. The average Bonchev–Trinajstić information content (AvgIpc) is 2.61. The summed E-state index contributed by atoms with van der Waals surface area (Å²) in [6.45, 7) is 4.34. The number of benzene rings is 1. The van der Waals surface area contributed by atoms with Crippen molar-refractivity contribution in [3.8, 4) is 11.4 Å². The second kappa shape index (κ2) is 7.01. The Morgan fingerprint density at radius 1 is 1.29 bits per heavy atom. The minimum atomic E-state index is -0.0510. The van der Waals surface area contributed by atoms with Gasteiger partial charge >= 0.3 is 0 Å². The molecule has 1 aromatic carbocycles. The van der Waals surface area contributed by atoms with Gasteiger partial charge in [0.1, 0.15) is 0 Å². The van der Waals surface area contributed by atoms with Gasteiger partial charge in [0, 0.05) is 17.1 Å². The van der Waals surface area contributed by atoms with Crippen LogP contribution in [0.5, 0.6) is 0 Å². The molecule has 5 nitrogen and oxygen atoms in total. The zero-order valence-electron chi connectivity index (χ0n) is 13.3. The van der Waals surface area contributed by atoms with Gasteiger partial charge in [-0.05, 0) is 49.1 Å². The molecule has 1 aromatic heterocycles. The number of nitrogens with zero attached hydrogens (tertiary/aromatic N) is 3. The van der Waals surface area contributed by atoms with Gasteiger partial charge in [-0.3, -0.25) is 4.79 Å². The van der Waals surface area contributed by atoms with Crippen LogP contribution in [0.25, 0.3) is 11.4 Å². The van der Waals surface area contributed by atoms with E-state index in [9.17, 15) is 4.79 Å². The van der Waals surface area contributed by atoms with Crippen molar-refractivity contribution in [2.75, 3.05) is 12.3 Å². The van der Waals surface area contributed by atoms with Gasteiger partial charge in [-0.2, -0.15) is 0 Å². The smallest absolute Gasteiger partial charge is 0.246 e. The number of amides is 1. The van der Waals surface area contributed by atoms with Crippen molar-refractivity contribution in [3.63, 3.8) is 0 Å². The monoisotopic (exact) mass is 342 g/mol. The van der Waals surface area contributed by atoms with Gasteiger partial charge in [0.15, 0.2) is 5.82 Å². The third kappa shape index (κ3) is 3.41. The number of hydrogen-bond acceptors (Lipinski definition) is 4. The van der Waals surface area contributed by atoms with Gasteiger partial charge in [0.05, 0.1) is 24.1 Å². The van der Waals surface area contributed by atoms with Crippen LogP contribution in [-0.2, 0) is 4.79 Å². The number of likely N-dealkylation sites (tertiary alicyclic amines) is 1. The molecular formula is C18H19ClN4O. The van der Waals surface area contributed by atoms with E-state index in [0.717, 1.165) is 36.9 Å². The Morgan fingerprint density at radius 2 is 2.04 bits per heavy atom. The van der Waals surface area contributed by atoms with E-state index in [0.29, 0.717) is 16.5 Å². The summed E-state index contributed by atoms with van der Waals surface area (Å²) in [6, 6.07) is 5.72. The molecule has 0 saturated carbocycles. The molecule has 1 atom stereocenters. The number of carbonyl (C=O) groups is 1. The van der Waals surface area contributed by atoms with Crippen LogP contribution in [0.15, 0.2) is 43.2 Å². The van der Waals surface area contributed by atoms with Crippen LogP contribution in [0.4, 0.5) is 5.69 Å². The van der Waals surface area contributed by atoms with E-state index >= 15 is 0 Å². The molecule has 0 aliphatic carbocycles. The first kappa shape index (κ1) is 16.5. The van der Waals surface area contributed by atoms with Crippen LogP contribution in [0.2, 0.25) is 5.02 Å². The van der Waals surface area contributed by atoms with Crippen LogP contribution < -0.4 is 5.73 Å². The number of nitrogens with two attached hydrogens (primary N) is 1. The van der Waals surface area contributed by atoms with E-state index in [1.165, 1.54) is 6.08 Å². The number of halogens is 1. The molecule has 124 valence electrons. The number of rotatable bonds is 3. The molecule has 3 rings (SSSR count). The molecule has 0 radical (unpaired) electrons.